The molecule has 0 radical (unpaired) electrons. The lowest BCUT2D eigenvalue weighted by atomic mass is 9.92. The van der Waals surface area contributed by atoms with Crippen molar-refractivity contribution in [3.63, 3.8) is 0 Å². The standard InChI is InChI=1S/C21H33N3O2/c1-4-5-12-22-21(26)19-11-10-17(3)24(14-19)15-20(25)23-13-18-9-7-6-8-16(18)2/h6-9,17,19H,4-5,10-15H2,1-3H3,(H,22,26)(H,23,25). The van der Waals surface area contributed by atoms with Gasteiger partial charge in [-0.25, -0.2) is 0 Å². The van der Waals surface area contributed by atoms with Crippen LogP contribution in [0.15, 0.2) is 24.3 Å². The molecule has 0 aliphatic carbocycles. The summed E-state index contributed by atoms with van der Waals surface area (Å²) in [6.07, 6.45) is 3.95. The zero-order valence-corrected chi connectivity index (χ0v) is 16.4. The molecule has 1 aliphatic rings. The van der Waals surface area contributed by atoms with Gasteiger partial charge in [0.2, 0.25) is 11.8 Å². The van der Waals surface area contributed by atoms with Crippen LogP contribution in [0.4, 0.5) is 0 Å². The fourth-order valence-electron chi connectivity index (χ4n) is 3.39. The summed E-state index contributed by atoms with van der Waals surface area (Å²) in [5.74, 6) is 0.148. The van der Waals surface area contributed by atoms with Crippen molar-refractivity contribution >= 4 is 11.8 Å². The summed E-state index contributed by atoms with van der Waals surface area (Å²) in [6.45, 7) is 8.62. The quantitative estimate of drug-likeness (QED) is 0.702. The van der Waals surface area contributed by atoms with E-state index in [1.54, 1.807) is 0 Å². The maximum atomic E-state index is 12.4. The van der Waals surface area contributed by atoms with Crippen molar-refractivity contribution in [2.75, 3.05) is 19.6 Å². The van der Waals surface area contributed by atoms with E-state index < -0.39 is 0 Å². The van der Waals surface area contributed by atoms with Crippen molar-refractivity contribution in [1.82, 2.24) is 15.5 Å². The Bertz CT molecular complexity index is 603. The molecule has 1 saturated heterocycles. The first kappa shape index (κ1) is 20.4. The fourth-order valence-corrected chi connectivity index (χ4v) is 3.39. The normalized spacial score (nSPS) is 20.6. The molecule has 2 amide bonds. The molecule has 26 heavy (non-hydrogen) atoms. The number of hydrogen-bond donors (Lipinski definition) is 2. The number of rotatable bonds is 8. The molecule has 0 bridgehead atoms. The lowest BCUT2D eigenvalue weighted by Gasteiger charge is -2.36. The lowest BCUT2D eigenvalue weighted by Crippen LogP contribution is -2.50. The molecule has 2 N–H and O–H groups in total. The zero-order valence-electron chi connectivity index (χ0n) is 16.4. The number of benzene rings is 1. The van der Waals surface area contributed by atoms with Crippen LogP contribution in [-0.2, 0) is 16.1 Å². The molecule has 1 aromatic carbocycles. The molecule has 0 spiro atoms. The SMILES string of the molecule is CCCCNC(=O)C1CCC(C)N(CC(=O)NCc2ccccc2C)C1. The maximum Gasteiger partial charge on any atom is 0.234 e. The number of carbonyl (C=O) groups is 2. The number of nitrogens with one attached hydrogen (secondary N) is 2. The molecular weight excluding hydrogens is 326 g/mol. The summed E-state index contributed by atoms with van der Waals surface area (Å²) >= 11 is 0. The molecule has 0 saturated carbocycles. The third-order valence-corrected chi connectivity index (χ3v) is 5.30. The number of likely N-dealkylation sites (tertiary alicyclic amines) is 1. The van der Waals surface area contributed by atoms with Gasteiger partial charge < -0.3 is 10.6 Å². The van der Waals surface area contributed by atoms with Crippen LogP contribution in [0.1, 0.15) is 50.7 Å². The van der Waals surface area contributed by atoms with Gasteiger partial charge in [0.05, 0.1) is 12.5 Å². The summed E-state index contributed by atoms with van der Waals surface area (Å²) in [5, 5.41) is 6.04. The molecule has 5 heteroatoms. The van der Waals surface area contributed by atoms with E-state index in [-0.39, 0.29) is 17.7 Å². The molecule has 144 valence electrons. The largest absolute Gasteiger partial charge is 0.356 e. The Balaban J connectivity index is 1.81. The molecule has 5 nitrogen and oxygen atoms in total. The fraction of sp³-hybridized carbons (Fsp3) is 0.619. The molecular formula is C21H33N3O2. The van der Waals surface area contributed by atoms with Crippen LogP contribution in [0.3, 0.4) is 0 Å². The third kappa shape index (κ3) is 6.13. The van der Waals surface area contributed by atoms with Gasteiger partial charge in [0.15, 0.2) is 0 Å². The van der Waals surface area contributed by atoms with E-state index in [0.717, 1.165) is 37.8 Å². The average molecular weight is 360 g/mol. The van der Waals surface area contributed by atoms with Crippen LogP contribution in [0, 0.1) is 12.8 Å². The Morgan fingerprint density at radius 3 is 2.69 bits per heavy atom. The lowest BCUT2D eigenvalue weighted by molar-refractivity contribution is -0.130. The topological polar surface area (TPSA) is 61.4 Å². The van der Waals surface area contributed by atoms with Crippen molar-refractivity contribution in [2.24, 2.45) is 5.92 Å². The van der Waals surface area contributed by atoms with E-state index >= 15 is 0 Å². The van der Waals surface area contributed by atoms with Crippen molar-refractivity contribution in [2.45, 2.75) is 59.0 Å². The Hall–Kier alpha value is -1.88. The van der Waals surface area contributed by atoms with Crippen LogP contribution in [0.5, 0.6) is 0 Å². The minimum absolute atomic E-state index is 0.00720. The Kier molecular flexibility index (Phi) is 8.10. The van der Waals surface area contributed by atoms with Crippen molar-refractivity contribution in [1.29, 1.82) is 0 Å². The minimum atomic E-state index is -0.00720. The van der Waals surface area contributed by atoms with E-state index in [4.69, 9.17) is 0 Å². The number of hydrogen-bond acceptors (Lipinski definition) is 3. The van der Waals surface area contributed by atoms with Crippen molar-refractivity contribution < 1.29 is 9.59 Å². The molecule has 2 atom stereocenters. The molecule has 1 aromatic rings. The molecule has 1 aliphatic heterocycles. The number of aryl methyl sites for hydroxylation is 1. The summed E-state index contributed by atoms with van der Waals surface area (Å²) in [4.78, 5) is 26.8. The first-order chi connectivity index (χ1) is 12.5. The van der Waals surface area contributed by atoms with E-state index in [0.29, 0.717) is 25.7 Å². The van der Waals surface area contributed by atoms with Gasteiger partial charge in [0, 0.05) is 25.7 Å². The van der Waals surface area contributed by atoms with Gasteiger partial charge in [-0.1, -0.05) is 37.6 Å². The van der Waals surface area contributed by atoms with Gasteiger partial charge in [0.25, 0.3) is 0 Å². The van der Waals surface area contributed by atoms with Crippen molar-refractivity contribution in [3.05, 3.63) is 35.4 Å². The van der Waals surface area contributed by atoms with Crippen LogP contribution in [0.2, 0.25) is 0 Å². The average Bonchev–Trinajstić information content (AvgIpc) is 2.63. The molecule has 2 rings (SSSR count). The minimum Gasteiger partial charge on any atom is -0.356 e. The smallest absolute Gasteiger partial charge is 0.234 e. The van der Waals surface area contributed by atoms with Crippen LogP contribution in [0.25, 0.3) is 0 Å². The monoisotopic (exact) mass is 359 g/mol. The Labute approximate surface area is 157 Å². The van der Waals surface area contributed by atoms with E-state index in [1.165, 1.54) is 5.56 Å². The van der Waals surface area contributed by atoms with Gasteiger partial charge in [0.1, 0.15) is 0 Å². The summed E-state index contributed by atoms with van der Waals surface area (Å²) in [6, 6.07) is 8.41. The number of piperidine rings is 1. The Morgan fingerprint density at radius 1 is 1.19 bits per heavy atom. The van der Waals surface area contributed by atoms with Gasteiger partial charge in [-0.3, -0.25) is 14.5 Å². The van der Waals surface area contributed by atoms with E-state index in [1.807, 2.05) is 18.2 Å². The predicted octanol–water partition coefficient (Wildman–Crippen LogP) is 2.63. The highest BCUT2D eigenvalue weighted by molar-refractivity contribution is 5.80. The van der Waals surface area contributed by atoms with E-state index in [2.05, 4.69) is 42.4 Å². The third-order valence-electron chi connectivity index (χ3n) is 5.30. The van der Waals surface area contributed by atoms with E-state index in [9.17, 15) is 9.59 Å². The van der Waals surface area contributed by atoms with Gasteiger partial charge in [-0.2, -0.15) is 0 Å². The number of carbonyl (C=O) groups excluding carboxylic acids is 2. The highest BCUT2D eigenvalue weighted by atomic mass is 16.2. The summed E-state index contributed by atoms with van der Waals surface area (Å²) in [5.41, 5.74) is 2.32. The van der Waals surface area contributed by atoms with Crippen LogP contribution >= 0.6 is 0 Å². The van der Waals surface area contributed by atoms with Crippen molar-refractivity contribution in [3.8, 4) is 0 Å². The second-order valence-electron chi connectivity index (χ2n) is 7.40. The van der Waals surface area contributed by atoms with Crippen LogP contribution in [-0.4, -0.2) is 42.4 Å². The van der Waals surface area contributed by atoms with Gasteiger partial charge in [-0.15, -0.1) is 0 Å². The maximum absolute atomic E-state index is 12.4. The molecule has 1 fully saturated rings. The number of unbranched alkanes of at least 4 members (excludes halogenated alkanes) is 1. The Morgan fingerprint density at radius 2 is 1.96 bits per heavy atom. The zero-order chi connectivity index (χ0) is 18.9. The first-order valence-electron chi connectivity index (χ1n) is 9.84. The summed E-state index contributed by atoms with van der Waals surface area (Å²) < 4.78 is 0. The highest BCUT2D eigenvalue weighted by Gasteiger charge is 2.30. The van der Waals surface area contributed by atoms with Gasteiger partial charge >= 0.3 is 0 Å². The second-order valence-corrected chi connectivity index (χ2v) is 7.40. The van der Waals surface area contributed by atoms with Gasteiger partial charge in [-0.05, 0) is 44.2 Å². The predicted molar refractivity (Wildman–Crippen MR) is 105 cm³/mol. The second kappa shape index (κ2) is 10.3. The molecule has 0 aromatic heterocycles. The highest BCUT2D eigenvalue weighted by Crippen LogP contribution is 2.21. The molecule has 1 heterocycles. The number of nitrogens with zero attached hydrogens (tertiary/aromatic N) is 1. The number of amides is 2. The molecule has 2 unspecified atom stereocenters. The summed E-state index contributed by atoms with van der Waals surface area (Å²) in [7, 11) is 0. The van der Waals surface area contributed by atoms with Crippen LogP contribution < -0.4 is 10.6 Å². The first-order valence-corrected chi connectivity index (χ1v) is 9.84.